The summed E-state index contributed by atoms with van der Waals surface area (Å²) in [5, 5.41) is 3.35. The molecule has 0 saturated carbocycles. The maximum Gasteiger partial charge on any atom is 0.132 e. The van der Waals surface area contributed by atoms with Crippen molar-refractivity contribution in [1.82, 2.24) is 5.32 Å². The Morgan fingerprint density at radius 3 is 2.52 bits per heavy atom. The number of halogens is 1. The minimum atomic E-state index is 0.801. The predicted octanol–water partition coefficient (Wildman–Crippen LogP) is 5.28. The molecule has 0 unspecified atom stereocenters. The Morgan fingerprint density at radius 1 is 1.05 bits per heavy atom. The highest BCUT2D eigenvalue weighted by molar-refractivity contribution is 9.10. The van der Waals surface area contributed by atoms with Crippen molar-refractivity contribution < 1.29 is 4.74 Å². The number of hydrogen-bond acceptors (Lipinski definition) is 2. The van der Waals surface area contributed by atoms with Crippen molar-refractivity contribution in [2.75, 3.05) is 6.54 Å². The fourth-order valence-corrected chi connectivity index (χ4v) is 2.68. The largest absolute Gasteiger partial charge is 0.457 e. The van der Waals surface area contributed by atoms with Gasteiger partial charge in [-0.25, -0.2) is 0 Å². The van der Waals surface area contributed by atoms with Gasteiger partial charge in [-0.05, 0) is 68.3 Å². The zero-order chi connectivity index (χ0) is 15.4. The van der Waals surface area contributed by atoms with Crippen LogP contribution in [0.25, 0.3) is 0 Å². The third kappa shape index (κ3) is 4.08. The molecule has 21 heavy (non-hydrogen) atoms. The van der Waals surface area contributed by atoms with E-state index in [0.29, 0.717) is 0 Å². The third-order valence-corrected chi connectivity index (χ3v) is 4.07. The third-order valence-electron chi connectivity index (χ3n) is 3.57. The molecule has 0 aromatic heterocycles. The molecule has 0 atom stereocenters. The molecule has 2 aromatic rings. The fourth-order valence-electron chi connectivity index (χ4n) is 2.27. The van der Waals surface area contributed by atoms with Crippen molar-refractivity contribution in [1.29, 1.82) is 0 Å². The van der Waals surface area contributed by atoms with Gasteiger partial charge >= 0.3 is 0 Å². The van der Waals surface area contributed by atoms with E-state index in [4.69, 9.17) is 4.74 Å². The molecule has 2 aromatic carbocycles. The predicted molar refractivity (Wildman–Crippen MR) is 92.2 cm³/mol. The number of nitrogens with one attached hydrogen (secondary N) is 1. The van der Waals surface area contributed by atoms with E-state index in [2.05, 4.69) is 67.1 Å². The molecular formula is C18H22BrNO. The van der Waals surface area contributed by atoms with Crippen LogP contribution in [0.1, 0.15) is 29.2 Å². The number of rotatable bonds is 5. The van der Waals surface area contributed by atoms with E-state index < -0.39 is 0 Å². The summed E-state index contributed by atoms with van der Waals surface area (Å²) < 4.78 is 7.26. The van der Waals surface area contributed by atoms with Crippen LogP contribution in [0.3, 0.4) is 0 Å². The second kappa shape index (κ2) is 7.10. The Bertz CT molecular complexity index is 637. The quantitative estimate of drug-likeness (QED) is 0.794. The molecule has 0 aliphatic carbocycles. The second-order valence-corrected chi connectivity index (χ2v) is 6.26. The van der Waals surface area contributed by atoms with Gasteiger partial charge in [0.05, 0.1) is 0 Å². The molecule has 0 aliphatic heterocycles. The van der Waals surface area contributed by atoms with Gasteiger partial charge in [0, 0.05) is 16.6 Å². The lowest BCUT2D eigenvalue weighted by atomic mass is 10.1. The van der Waals surface area contributed by atoms with Crippen molar-refractivity contribution >= 4 is 15.9 Å². The minimum Gasteiger partial charge on any atom is -0.457 e. The zero-order valence-electron chi connectivity index (χ0n) is 13.1. The standard InChI is InChI=1S/C18H22BrNO/c1-5-20-11-15-10-16(19)6-7-17(15)21-18-9-12(2)8-13(3)14(18)4/h6-10,20H,5,11H2,1-4H3. The molecule has 1 N–H and O–H groups in total. The van der Waals surface area contributed by atoms with E-state index in [1.807, 2.05) is 12.1 Å². The Labute approximate surface area is 135 Å². The van der Waals surface area contributed by atoms with Crippen LogP contribution in [0, 0.1) is 20.8 Å². The SMILES string of the molecule is CCNCc1cc(Br)ccc1Oc1cc(C)cc(C)c1C. The summed E-state index contributed by atoms with van der Waals surface area (Å²) in [5.41, 5.74) is 4.83. The van der Waals surface area contributed by atoms with Gasteiger partial charge in [-0.15, -0.1) is 0 Å². The average Bonchev–Trinajstić information content (AvgIpc) is 2.44. The van der Waals surface area contributed by atoms with Crippen LogP contribution in [0.5, 0.6) is 11.5 Å². The Balaban J connectivity index is 2.35. The molecule has 0 heterocycles. The summed E-state index contributed by atoms with van der Waals surface area (Å²) in [4.78, 5) is 0. The van der Waals surface area contributed by atoms with Crippen LogP contribution in [-0.2, 0) is 6.54 Å². The van der Waals surface area contributed by atoms with E-state index in [1.165, 1.54) is 16.7 Å². The van der Waals surface area contributed by atoms with Crippen molar-refractivity contribution in [2.24, 2.45) is 0 Å². The van der Waals surface area contributed by atoms with Crippen LogP contribution in [0.2, 0.25) is 0 Å². The second-order valence-electron chi connectivity index (χ2n) is 5.34. The summed E-state index contributed by atoms with van der Waals surface area (Å²) in [6.07, 6.45) is 0. The molecule has 0 spiro atoms. The maximum atomic E-state index is 6.19. The first-order valence-corrected chi connectivity index (χ1v) is 8.05. The molecule has 0 aliphatic rings. The number of aryl methyl sites for hydroxylation is 2. The van der Waals surface area contributed by atoms with E-state index in [1.54, 1.807) is 0 Å². The van der Waals surface area contributed by atoms with Gasteiger partial charge < -0.3 is 10.1 Å². The van der Waals surface area contributed by atoms with Gasteiger partial charge in [-0.2, -0.15) is 0 Å². The molecular weight excluding hydrogens is 326 g/mol. The van der Waals surface area contributed by atoms with E-state index in [-0.39, 0.29) is 0 Å². The summed E-state index contributed by atoms with van der Waals surface area (Å²) in [7, 11) is 0. The topological polar surface area (TPSA) is 21.3 Å². The first-order valence-electron chi connectivity index (χ1n) is 7.26. The Morgan fingerprint density at radius 2 is 1.81 bits per heavy atom. The highest BCUT2D eigenvalue weighted by Crippen LogP contribution is 2.32. The Kier molecular flexibility index (Phi) is 5.43. The van der Waals surface area contributed by atoms with Crippen molar-refractivity contribution in [2.45, 2.75) is 34.2 Å². The van der Waals surface area contributed by atoms with E-state index in [0.717, 1.165) is 34.6 Å². The summed E-state index contributed by atoms with van der Waals surface area (Å²) in [6, 6.07) is 10.4. The van der Waals surface area contributed by atoms with Crippen LogP contribution >= 0.6 is 15.9 Å². The maximum absolute atomic E-state index is 6.19. The van der Waals surface area contributed by atoms with Crippen LogP contribution in [-0.4, -0.2) is 6.54 Å². The lowest BCUT2D eigenvalue weighted by Gasteiger charge is -2.15. The van der Waals surface area contributed by atoms with Crippen LogP contribution in [0.15, 0.2) is 34.8 Å². The average molecular weight is 348 g/mol. The highest BCUT2D eigenvalue weighted by Gasteiger charge is 2.09. The number of hydrogen-bond donors (Lipinski definition) is 1. The van der Waals surface area contributed by atoms with Gasteiger partial charge in [0.15, 0.2) is 0 Å². The summed E-state index contributed by atoms with van der Waals surface area (Å²) in [5.74, 6) is 1.85. The Hall–Kier alpha value is -1.32. The molecule has 3 heteroatoms. The first-order chi connectivity index (χ1) is 10.0. The van der Waals surface area contributed by atoms with Gasteiger partial charge in [-0.1, -0.05) is 28.9 Å². The monoisotopic (exact) mass is 347 g/mol. The van der Waals surface area contributed by atoms with Crippen molar-refractivity contribution in [3.63, 3.8) is 0 Å². The lowest BCUT2D eigenvalue weighted by molar-refractivity contribution is 0.468. The zero-order valence-corrected chi connectivity index (χ0v) is 14.7. The van der Waals surface area contributed by atoms with Gasteiger partial charge in [0.25, 0.3) is 0 Å². The molecule has 112 valence electrons. The van der Waals surface area contributed by atoms with Crippen LogP contribution in [0.4, 0.5) is 0 Å². The molecule has 0 bridgehead atoms. The van der Waals surface area contributed by atoms with Gasteiger partial charge in [0.1, 0.15) is 11.5 Å². The van der Waals surface area contributed by atoms with Gasteiger partial charge in [0.2, 0.25) is 0 Å². The lowest BCUT2D eigenvalue weighted by Crippen LogP contribution is -2.12. The van der Waals surface area contributed by atoms with Crippen LogP contribution < -0.4 is 10.1 Å². The number of ether oxygens (including phenoxy) is 1. The molecule has 0 saturated heterocycles. The molecule has 0 fully saturated rings. The van der Waals surface area contributed by atoms with E-state index in [9.17, 15) is 0 Å². The molecule has 0 amide bonds. The first kappa shape index (κ1) is 16.1. The smallest absolute Gasteiger partial charge is 0.132 e. The summed E-state index contributed by atoms with van der Waals surface area (Å²) >= 11 is 3.53. The minimum absolute atomic E-state index is 0.801. The molecule has 2 rings (SSSR count). The van der Waals surface area contributed by atoms with Gasteiger partial charge in [-0.3, -0.25) is 0 Å². The molecule has 0 radical (unpaired) electrons. The van der Waals surface area contributed by atoms with Crippen molar-refractivity contribution in [3.8, 4) is 11.5 Å². The highest BCUT2D eigenvalue weighted by atomic mass is 79.9. The normalized spacial score (nSPS) is 10.7. The van der Waals surface area contributed by atoms with Crippen molar-refractivity contribution in [3.05, 3.63) is 57.1 Å². The fraction of sp³-hybridized carbons (Fsp3) is 0.333. The summed E-state index contributed by atoms with van der Waals surface area (Å²) in [6.45, 7) is 10.2. The molecule has 2 nitrogen and oxygen atoms in total. The van der Waals surface area contributed by atoms with E-state index >= 15 is 0 Å². The number of benzene rings is 2.